The minimum Gasteiger partial charge on any atom is -0.369 e. The number of pyridine rings is 1. The summed E-state index contributed by atoms with van der Waals surface area (Å²) in [7, 11) is 0. The van der Waals surface area contributed by atoms with E-state index in [1.54, 1.807) is 0 Å². The van der Waals surface area contributed by atoms with Gasteiger partial charge in [-0.3, -0.25) is 9.78 Å². The van der Waals surface area contributed by atoms with Gasteiger partial charge in [0.25, 0.3) is 0 Å². The molecule has 1 aliphatic carbocycles. The van der Waals surface area contributed by atoms with Gasteiger partial charge in [-0.1, -0.05) is 0 Å². The minimum absolute atomic E-state index is 0.263. The zero-order valence-corrected chi connectivity index (χ0v) is 9.35. The molecule has 1 amide bonds. The number of aromatic nitrogens is 1. The van der Waals surface area contributed by atoms with Crippen molar-refractivity contribution < 1.29 is 4.79 Å². The molecule has 1 aromatic rings. The maximum absolute atomic E-state index is 10.7. The fourth-order valence-corrected chi connectivity index (χ4v) is 2.73. The molecule has 1 aliphatic rings. The van der Waals surface area contributed by atoms with Crippen LogP contribution in [-0.2, 0) is 17.6 Å². The maximum atomic E-state index is 10.7. The van der Waals surface area contributed by atoms with Crippen molar-refractivity contribution in [2.45, 2.75) is 30.6 Å². The normalized spacial score (nSPS) is 14.7. The number of hydrogen-bond donors (Lipinski definition) is 1. The van der Waals surface area contributed by atoms with Crippen LogP contribution in [0, 0.1) is 0 Å². The van der Waals surface area contributed by atoms with Gasteiger partial charge in [0, 0.05) is 16.8 Å². The Bertz CT molecular complexity index is 379. The number of hydrogen-bond acceptors (Lipinski definition) is 3. The number of amides is 1. The van der Waals surface area contributed by atoms with Crippen LogP contribution >= 0.6 is 11.8 Å². The average molecular weight is 222 g/mol. The third-order valence-electron chi connectivity index (χ3n) is 2.56. The van der Waals surface area contributed by atoms with Gasteiger partial charge in [-0.25, -0.2) is 0 Å². The monoisotopic (exact) mass is 222 g/mol. The maximum Gasteiger partial charge on any atom is 0.227 e. The topological polar surface area (TPSA) is 56.0 Å². The third kappa shape index (κ3) is 2.50. The van der Waals surface area contributed by atoms with Gasteiger partial charge in [-0.05, 0) is 37.3 Å². The molecule has 80 valence electrons. The molecule has 15 heavy (non-hydrogen) atoms. The molecule has 0 bridgehead atoms. The summed E-state index contributed by atoms with van der Waals surface area (Å²) in [5.41, 5.74) is 7.67. The first-order valence-electron chi connectivity index (χ1n) is 5.15. The quantitative estimate of drug-likeness (QED) is 0.789. The predicted octanol–water partition coefficient (Wildman–Crippen LogP) is 1.54. The molecule has 0 saturated heterocycles. The van der Waals surface area contributed by atoms with Crippen LogP contribution in [0.1, 0.15) is 24.1 Å². The Kier molecular flexibility index (Phi) is 3.26. The first-order valence-corrected chi connectivity index (χ1v) is 6.14. The van der Waals surface area contributed by atoms with Crippen molar-refractivity contribution >= 4 is 17.7 Å². The smallest absolute Gasteiger partial charge is 0.227 e. The van der Waals surface area contributed by atoms with Crippen LogP contribution < -0.4 is 5.73 Å². The van der Waals surface area contributed by atoms with Crippen LogP contribution in [0.15, 0.2) is 17.2 Å². The lowest BCUT2D eigenvalue weighted by Crippen LogP contribution is -2.14. The summed E-state index contributed by atoms with van der Waals surface area (Å²) >= 11 is 1.53. The number of nitrogens with two attached hydrogens (primary N) is 1. The second kappa shape index (κ2) is 4.66. The summed E-state index contributed by atoms with van der Waals surface area (Å²) in [6.45, 7) is 0. The molecule has 2 N–H and O–H groups in total. The van der Waals surface area contributed by atoms with E-state index in [1.165, 1.54) is 40.8 Å². The SMILES string of the molecule is NC(=O)CSc1ccnc2c1CCCC2. The summed E-state index contributed by atoms with van der Waals surface area (Å²) in [4.78, 5) is 16.3. The third-order valence-corrected chi connectivity index (χ3v) is 3.68. The molecule has 0 saturated carbocycles. The van der Waals surface area contributed by atoms with E-state index in [-0.39, 0.29) is 5.91 Å². The highest BCUT2D eigenvalue weighted by Crippen LogP contribution is 2.29. The van der Waals surface area contributed by atoms with Gasteiger partial charge in [0.05, 0.1) is 5.75 Å². The van der Waals surface area contributed by atoms with Crippen LogP contribution in [0.5, 0.6) is 0 Å². The van der Waals surface area contributed by atoms with E-state index in [0.29, 0.717) is 5.75 Å². The molecule has 0 atom stereocenters. The van der Waals surface area contributed by atoms with Gasteiger partial charge in [-0.2, -0.15) is 0 Å². The van der Waals surface area contributed by atoms with Crippen LogP contribution in [0.2, 0.25) is 0 Å². The summed E-state index contributed by atoms with van der Waals surface area (Å²) < 4.78 is 0. The molecule has 4 heteroatoms. The Morgan fingerprint density at radius 2 is 2.27 bits per heavy atom. The predicted molar refractivity (Wildman–Crippen MR) is 60.8 cm³/mol. The van der Waals surface area contributed by atoms with Crippen molar-refractivity contribution in [2.75, 3.05) is 5.75 Å². The van der Waals surface area contributed by atoms with Crippen LogP contribution in [0.3, 0.4) is 0 Å². The number of carbonyl (C=O) groups is 1. The largest absolute Gasteiger partial charge is 0.369 e. The lowest BCUT2D eigenvalue weighted by atomic mass is 9.96. The van der Waals surface area contributed by atoms with Gasteiger partial charge >= 0.3 is 0 Å². The first kappa shape index (κ1) is 10.5. The Morgan fingerprint density at radius 3 is 3.07 bits per heavy atom. The summed E-state index contributed by atoms with van der Waals surface area (Å²) in [5.74, 6) is 0.0950. The molecular formula is C11H14N2OS. The van der Waals surface area contributed by atoms with Gasteiger partial charge in [0.1, 0.15) is 0 Å². The minimum atomic E-state index is -0.263. The molecule has 0 aromatic carbocycles. The lowest BCUT2D eigenvalue weighted by molar-refractivity contribution is -0.115. The molecule has 3 nitrogen and oxygen atoms in total. The highest BCUT2D eigenvalue weighted by Gasteiger charge is 2.14. The van der Waals surface area contributed by atoms with E-state index < -0.39 is 0 Å². The Labute approximate surface area is 93.5 Å². The van der Waals surface area contributed by atoms with E-state index in [1.807, 2.05) is 12.3 Å². The average Bonchev–Trinajstić information content (AvgIpc) is 2.26. The van der Waals surface area contributed by atoms with E-state index >= 15 is 0 Å². The Balaban J connectivity index is 2.19. The van der Waals surface area contributed by atoms with E-state index in [2.05, 4.69) is 4.98 Å². The van der Waals surface area contributed by atoms with Crippen molar-refractivity contribution in [1.82, 2.24) is 4.98 Å². The van der Waals surface area contributed by atoms with E-state index in [9.17, 15) is 4.79 Å². The molecule has 1 heterocycles. The number of aryl methyl sites for hydroxylation is 1. The fourth-order valence-electron chi connectivity index (χ4n) is 1.88. The number of thioether (sulfide) groups is 1. The molecule has 0 aliphatic heterocycles. The number of primary amides is 1. The van der Waals surface area contributed by atoms with Crippen LogP contribution in [0.25, 0.3) is 0 Å². The van der Waals surface area contributed by atoms with Gasteiger partial charge < -0.3 is 5.73 Å². The Morgan fingerprint density at radius 1 is 1.47 bits per heavy atom. The van der Waals surface area contributed by atoms with Crippen molar-refractivity contribution in [2.24, 2.45) is 5.73 Å². The number of nitrogens with zero attached hydrogens (tertiary/aromatic N) is 1. The number of fused-ring (bicyclic) bond motifs is 1. The molecule has 0 spiro atoms. The van der Waals surface area contributed by atoms with E-state index in [4.69, 9.17) is 5.73 Å². The van der Waals surface area contributed by atoms with Crippen molar-refractivity contribution in [3.63, 3.8) is 0 Å². The van der Waals surface area contributed by atoms with E-state index in [0.717, 1.165) is 12.8 Å². The zero-order valence-electron chi connectivity index (χ0n) is 8.53. The number of rotatable bonds is 3. The molecule has 0 fully saturated rings. The Hall–Kier alpha value is -1.03. The van der Waals surface area contributed by atoms with Crippen LogP contribution in [0.4, 0.5) is 0 Å². The van der Waals surface area contributed by atoms with Crippen molar-refractivity contribution in [1.29, 1.82) is 0 Å². The van der Waals surface area contributed by atoms with Crippen molar-refractivity contribution in [3.8, 4) is 0 Å². The first-order chi connectivity index (χ1) is 7.27. The summed E-state index contributed by atoms with van der Waals surface area (Å²) in [6, 6.07) is 1.98. The van der Waals surface area contributed by atoms with Gasteiger partial charge in [0.15, 0.2) is 0 Å². The second-order valence-electron chi connectivity index (χ2n) is 3.70. The number of carbonyl (C=O) groups excluding carboxylic acids is 1. The molecule has 2 rings (SSSR count). The van der Waals surface area contributed by atoms with Gasteiger partial charge in [-0.15, -0.1) is 11.8 Å². The summed E-state index contributed by atoms with van der Waals surface area (Å²) in [6.07, 6.45) is 6.44. The fraction of sp³-hybridized carbons (Fsp3) is 0.455. The van der Waals surface area contributed by atoms with Gasteiger partial charge in [0.2, 0.25) is 5.91 Å². The molecule has 0 unspecified atom stereocenters. The molecule has 0 radical (unpaired) electrons. The molecular weight excluding hydrogens is 208 g/mol. The zero-order chi connectivity index (χ0) is 10.7. The molecule has 1 aromatic heterocycles. The lowest BCUT2D eigenvalue weighted by Gasteiger charge is -2.17. The summed E-state index contributed by atoms with van der Waals surface area (Å²) in [5, 5.41) is 0. The van der Waals surface area contributed by atoms with Crippen LogP contribution in [-0.4, -0.2) is 16.6 Å². The second-order valence-corrected chi connectivity index (χ2v) is 4.71. The highest BCUT2D eigenvalue weighted by atomic mass is 32.2. The highest BCUT2D eigenvalue weighted by molar-refractivity contribution is 8.00. The standard InChI is InChI=1S/C11H14N2OS/c12-11(14)7-15-10-5-6-13-9-4-2-1-3-8(9)10/h5-6H,1-4,7H2,(H2,12,14). The van der Waals surface area contributed by atoms with Crippen molar-refractivity contribution in [3.05, 3.63) is 23.5 Å².